The molecule has 3 rings (SSSR count). The number of fused-ring (bicyclic) bond motifs is 1. The lowest BCUT2D eigenvalue weighted by Gasteiger charge is -2.27. The van der Waals surface area contributed by atoms with E-state index >= 15 is 0 Å². The van der Waals surface area contributed by atoms with Gasteiger partial charge in [-0.2, -0.15) is 0 Å². The highest BCUT2D eigenvalue weighted by atomic mass is 32.2. The zero-order chi connectivity index (χ0) is 19.6. The summed E-state index contributed by atoms with van der Waals surface area (Å²) in [6, 6.07) is 8.04. The molecule has 27 heavy (non-hydrogen) atoms. The normalized spacial score (nSPS) is 16.2. The molecule has 0 spiro atoms. The molecule has 0 saturated heterocycles. The molecule has 0 saturated carbocycles. The molecule has 1 aliphatic heterocycles. The maximum atomic E-state index is 12.7. The first-order valence-electron chi connectivity index (χ1n) is 9.23. The SMILES string of the molecule is CCSc1ccc(C(=O)Nc2sc3c(c2C(N)=O)CC[NH+](C(C)C)C3)cc1. The maximum absolute atomic E-state index is 12.7. The Kier molecular flexibility index (Phi) is 6.24. The molecule has 1 unspecified atom stereocenters. The predicted molar refractivity (Wildman–Crippen MR) is 112 cm³/mol. The zero-order valence-electron chi connectivity index (χ0n) is 15.9. The number of hydrogen-bond donors (Lipinski definition) is 3. The summed E-state index contributed by atoms with van der Waals surface area (Å²) in [5, 5.41) is 3.50. The van der Waals surface area contributed by atoms with Crippen LogP contribution < -0.4 is 16.0 Å². The highest BCUT2D eigenvalue weighted by Gasteiger charge is 2.30. The Morgan fingerprint density at radius 3 is 2.59 bits per heavy atom. The van der Waals surface area contributed by atoms with E-state index in [2.05, 4.69) is 26.1 Å². The number of quaternary nitrogens is 1. The number of carbonyl (C=O) groups is 2. The van der Waals surface area contributed by atoms with Gasteiger partial charge in [0.2, 0.25) is 0 Å². The van der Waals surface area contributed by atoms with E-state index < -0.39 is 5.91 Å². The Morgan fingerprint density at radius 1 is 1.30 bits per heavy atom. The summed E-state index contributed by atoms with van der Waals surface area (Å²) in [7, 11) is 0. The highest BCUT2D eigenvalue weighted by Crippen LogP contribution is 2.34. The lowest BCUT2D eigenvalue weighted by atomic mass is 10.0. The van der Waals surface area contributed by atoms with Crippen LogP contribution in [0.3, 0.4) is 0 Å². The first kappa shape index (κ1) is 19.9. The van der Waals surface area contributed by atoms with Gasteiger partial charge in [-0.25, -0.2) is 0 Å². The van der Waals surface area contributed by atoms with E-state index in [1.165, 1.54) is 16.2 Å². The van der Waals surface area contributed by atoms with E-state index in [1.54, 1.807) is 11.8 Å². The summed E-state index contributed by atoms with van der Waals surface area (Å²) in [5.41, 5.74) is 7.73. The number of primary amides is 1. The first-order valence-corrected chi connectivity index (χ1v) is 11.0. The van der Waals surface area contributed by atoms with Crippen molar-refractivity contribution in [2.45, 2.75) is 44.7 Å². The van der Waals surface area contributed by atoms with Crippen LogP contribution in [0.2, 0.25) is 0 Å². The van der Waals surface area contributed by atoms with Crippen molar-refractivity contribution in [1.82, 2.24) is 0 Å². The van der Waals surface area contributed by atoms with Crippen LogP contribution >= 0.6 is 23.1 Å². The number of thiophene rings is 1. The van der Waals surface area contributed by atoms with Crippen molar-refractivity contribution in [3.8, 4) is 0 Å². The van der Waals surface area contributed by atoms with Crippen LogP contribution in [0.5, 0.6) is 0 Å². The molecule has 4 N–H and O–H groups in total. The van der Waals surface area contributed by atoms with E-state index in [1.807, 2.05) is 24.3 Å². The van der Waals surface area contributed by atoms with Gasteiger partial charge in [-0.05, 0) is 49.4 Å². The van der Waals surface area contributed by atoms with Gasteiger partial charge in [0, 0.05) is 16.9 Å². The van der Waals surface area contributed by atoms with Gasteiger partial charge in [0.15, 0.2) is 0 Å². The fourth-order valence-corrected chi connectivity index (χ4v) is 5.35. The number of thioether (sulfide) groups is 1. The number of rotatable bonds is 6. The minimum absolute atomic E-state index is 0.211. The van der Waals surface area contributed by atoms with Gasteiger partial charge < -0.3 is 16.0 Å². The summed E-state index contributed by atoms with van der Waals surface area (Å²) in [5.74, 6) is 0.312. The molecule has 1 aliphatic rings. The van der Waals surface area contributed by atoms with Crippen LogP contribution in [-0.4, -0.2) is 30.2 Å². The molecule has 0 aliphatic carbocycles. The Bertz CT molecular complexity index is 844. The molecular weight excluding hydrogens is 378 g/mol. The molecule has 0 fully saturated rings. The molecular formula is C20H26N3O2S2+. The van der Waals surface area contributed by atoms with Gasteiger partial charge in [-0.3, -0.25) is 9.59 Å². The summed E-state index contributed by atoms with van der Waals surface area (Å²) in [6.07, 6.45) is 0.816. The lowest BCUT2D eigenvalue weighted by Crippen LogP contribution is -3.14. The van der Waals surface area contributed by atoms with Crippen LogP contribution in [0.25, 0.3) is 0 Å². The number of anilines is 1. The van der Waals surface area contributed by atoms with Crippen molar-refractivity contribution in [3.63, 3.8) is 0 Å². The molecule has 2 amide bonds. The maximum Gasteiger partial charge on any atom is 0.256 e. The summed E-state index contributed by atoms with van der Waals surface area (Å²) in [6.45, 7) is 8.35. The lowest BCUT2D eigenvalue weighted by molar-refractivity contribution is -0.936. The van der Waals surface area contributed by atoms with E-state index in [9.17, 15) is 9.59 Å². The number of hydrogen-bond acceptors (Lipinski definition) is 4. The van der Waals surface area contributed by atoms with Gasteiger partial charge in [0.05, 0.1) is 23.0 Å². The quantitative estimate of drug-likeness (QED) is 0.648. The Morgan fingerprint density at radius 2 is 2.00 bits per heavy atom. The summed E-state index contributed by atoms with van der Waals surface area (Å²) in [4.78, 5) is 28.5. The van der Waals surface area contributed by atoms with Gasteiger partial charge in [-0.15, -0.1) is 23.1 Å². The number of nitrogens with one attached hydrogen (secondary N) is 2. The number of nitrogens with two attached hydrogens (primary N) is 1. The predicted octanol–water partition coefficient (Wildman–Crippen LogP) is 2.56. The highest BCUT2D eigenvalue weighted by molar-refractivity contribution is 7.99. The second kappa shape index (κ2) is 8.46. The minimum atomic E-state index is -0.467. The van der Waals surface area contributed by atoms with Gasteiger partial charge in [-0.1, -0.05) is 6.92 Å². The number of carbonyl (C=O) groups excluding carboxylic acids is 2. The molecule has 1 atom stereocenters. The first-order chi connectivity index (χ1) is 12.9. The Labute approximate surface area is 168 Å². The van der Waals surface area contributed by atoms with E-state index in [0.717, 1.165) is 40.6 Å². The van der Waals surface area contributed by atoms with Crippen LogP contribution in [-0.2, 0) is 13.0 Å². The molecule has 7 heteroatoms. The monoisotopic (exact) mass is 404 g/mol. The Balaban J connectivity index is 1.84. The molecule has 2 aromatic rings. The largest absolute Gasteiger partial charge is 0.365 e. The van der Waals surface area contributed by atoms with Crippen molar-refractivity contribution < 1.29 is 14.5 Å². The fourth-order valence-electron chi connectivity index (χ4n) is 3.39. The van der Waals surface area contributed by atoms with Crippen molar-refractivity contribution in [1.29, 1.82) is 0 Å². The van der Waals surface area contributed by atoms with Crippen molar-refractivity contribution in [3.05, 3.63) is 45.8 Å². The zero-order valence-corrected chi connectivity index (χ0v) is 17.6. The van der Waals surface area contributed by atoms with Gasteiger partial charge >= 0.3 is 0 Å². The average molecular weight is 405 g/mol. The van der Waals surface area contributed by atoms with Crippen molar-refractivity contribution >= 4 is 39.9 Å². The van der Waals surface area contributed by atoms with Gasteiger partial charge in [0.25, 0.3) is 11.8 Å². The summed E-state index contributed by atoms with van der Waals surface area (Å²) < 4.78 is 0. The molecule has 144 valence electrons. The van der Waals surface area contributed by atoms with Crippen molar-refractivity contribution in [2.75, 3.05) is 17.6 Å². The summed E-state index contributed by atoms with van der Waals surface area (Å²) >= 11 is 3.22. The molecule has 1 aromatic carbocycles. The third-order valence-electron chi connectivity index (χ3n) is 4.89. The molecule has 0 radical (unpaired) electrons. The van der Waals surface area contributed by atoms with Crippen LogP contribution in [0, 0.1) is 0 Å². The minimum Gasteiger partial charge on any atom is -0.365 e. The second-order valence-electron chi connectivity index (χ2n) is 6.97. The molecule has 0 bridgehead atoms. The standard InChI is InChI=1S/C20H25N3O2S2/c1-4-26-14-7-5-13(6-8-14)19(25)22-20-17(18(21)24)15-9-10-23(12(2)3)11-16(15)27-20/h5-8,12H,4,9-11H2,1-3H3,(H2,21,24)(H,22,25)/p+1. The molecule has 5 nitrogen and oxygen atoms in total. The van der Waals surface area contributed by atoms with Gasteiger partial charge in [0.1, 0.15) is 11.5 Å². The van der Waals surface area contributed by atoms with E-state index in [0.29, 0.717) is 22.2 Å². The third kappa shape index (κ3) is 4.36. The molecule has 1 aromatic heterocycles. The van der Waals surface area contributed by atoms with E-state index in [-0.39, 0.29) is 5.91 Å². The smallest absolute Gasteiger partial charge is 0.256 e. The average Bonchev–Trinajstić information content (AvgIpc) is 2.99. The number of benzene rings is 1. The third-order valence-corrected chi connectivity index (χ3v) is 6.93. The molecule has 2 heterocycles. The number of amides is 2. The van der Waals surface area contributed by atoms with Crippen molar-refractivity contribution in [2.24, 2.45) is 5.73 Å². The second-order valence-corrected chi connectivity index (χ2v) is 9.42. The van der Waals surface area contributed by atoms with E-state index in [4.69, 9.17) is 5.73 Å². The van der Waals surface area contributed by atoms with Crippen LogP contribution in [0.1, 0.15) is 51.9 Å². The fraction of sp³-hybridized carbons (Fsp3) is 0.400. The van der Waals surface area contributed by atoms with Crippen LogP contribution in [0.4, 0.5) is 5.00 Å². The Hall–Kier alpha value is -1.83. The van der Waals surface area contributed by atoms with Crippen LogP contribution in [0.15, 0.2) is 29.2 Å². The topological polar surface area (TPSA) is 76.6 Å².